The summed E-state index contributed by atoms with van der Waals surface area (Å²) in [6.45, 7) is 5.88. The number of nitrogens with one attached hydrogen (secondary N) is 1. The zero-order valence-corrected chi connectivity index (χ0v) is 14.9. The van der Waals surface area contributed by atoms with E-state index in [0.717, 1.165) is 44.6 Å². The number of likely N-dealkylation sites (tertiary alicyclic amines) is 1. The number of anilines is 1. The number of carbonyl (C=O) groups excluding carboxylic acids is 1. The first kappa shape index (κ1) is 17.5. The van der Waals surface area contributed by atoms with Gasteiger partial charge in [-0.05, 0) is 56.5 Å². The lowest BCUT2D eigenvalue weighted by Gasteiger charge is -2.32. The number of benzene rings is 2. The molecule has 4 heteroatoms. The van der Waals surface area contributed by atoms with E-state index in [2.05, 4.69) is 40.5 Å². The Morgan fingerprint density at radius 3 is 2.60 bits per heavy atom. The second-order valence-electron chi connectivity index (χ2n) is 7.01. The zero-order chi connectivity index (χ0) is 17.6. The van der Waals surface area contributed by atoms with E-state index in [4.69, 9.17) is 5.73 Å². The van der Waals surface area contributed by atoms with Crippen molar-refractivity contribution in [1.82, 2.24) is 10.2 Å². The minimum atomic E-state index is -0.0621. The van der Waals surface area contributed by atoms with Crippen molar-refractivity contribution in [3.05, 3.63) is 65.2 Å². The first-order valence-electron chi connectivity index (χ1n) is 9.02. The van der Waals surface area contributed by atoms with Gasteiger partial charge in [-0.15, -0.1) is 0 Å². The van der Waals surface area contributed by atoms with Crippen LogP contribution in [0, 0.1) is 12.8 Å². The molecule has 2 aromatic carbocycles. The quantitative estimate of drug-likeness (QED) is 0.824. The molecule has 2 aromatic rings. The third kappa shape index (κ3) is 4.83. The molecular weight excluding hydrogens is 310 g/mol. The molecule has 25 heavy (non-hydrogen) atoms. The Kier molecular flexibility index (Phi) is 5.71. The Labute approximate surface area is 150 Å². The summed E-state index contributed by atoms with van der Waals surface area (Å²) in [5.74, 6) is 0.481. The average molecular weight is 337 g/mol. The van der Waals surface area contributed by atoms with Gasteiger partial charge < -0.3 is 11.1 Å². The summed E-state index contributed by atoms with van der Waals surface area (Å²) >= 11 is 0. The maximum Gasteiger partial charge on any atom is 0.253 e. The molecule has 4 nitrogen and oxygen atoms in total. The molecule has 1 aliphatic heterocycles. The van der Waals surface area contributed by atoms with E-state index in [0.29, 0.717) is 17.2 Å². The number of carbonyl (C=O) groups is 1. The van der Waals surface area contributed by atoms with Gasteiger partial charge in [0.2, 0.25) is 0 Å². The summed E-state index contributed by atoms with van der Waals surface area (Å²) < 4.78 is 0. The molecule has 1 heterocycles. The van der Waals surface area contributed by atoms with E-state index in [9.17, 15) is 4.79 Å². The van der Waals surface area contributed by atoms with Crippen LogP contribution in [0.1, 0.15) is 34.3 Å². The predicted octanol–water partition coefficient (Wildman–Crippen LogP) is 3.22. The van der Waals surface area contributed by atoms with Crippen molar-refractivity contribution in [3.63, 3.8) is 0 Å². The van der Waals surface area contributed by atoms with Crippen LogP contribution in [-0.4, -0.2) is 30.4 Å². The summed E-state index contributed by atoms with van der Waals surface area (Å²) in [6.07, 6.45) is 2.24. The van der Waals surface area contributed by atoms with E-state index in [1.807, 2.05) is 19.1 Å². The number of aryl methyl sites for hydroxylation is 1. The molecule has 0 aromatic heterocycles. The van der Waals surface area contributed by atoms with Gasteiger partial charge in [0.15, 0.2) is 0 Å². The minimum Gasteiger partial charge on any atom is -0.398 e. The van der Waals surface area contributed by atoms with Gasteiger partial charge in [-0.1, -0.05) is 42.0 Å². The Morgan fingerprint density at radius 1 is 1.16 bits per heavy atom. The van der Waals surface area contributed by atoms with Crippen molar-refractivity contribution in [2.24, 2.45) is 5.92 Å². The van der Waals surface area contributed by atoms with Crippen molar-refractivity contribution in [1.29, 1.82) is 0 Å². The highest BCUT2D eigenvalue weighted by Gasteiger charge is 2.20. The molecule has 3 N–H and O–H groups in total. The fourth-order valence-electron chi connectivity index (χ4n) is 3.39. The fourth-order valence-corrected chi connectivity index (χ4v) is 3.39. The van der Waals surface area contributed by atoms with Crippen LogP contribution in [0.25, 0.3) is 0 Å². The topological polar surface area (TPSA) is 58.4 Å². The SMILES string of the molecule is Cc1ccc(N)c(C(=O)NCC2CCN(Cc3ccccc3)CC2)c1. The number of hydrogen-bond donors (Lipinski definition) is 2. The fraction of sp³-hybridized carbons (Fsp3) is 0.381. The van der Waals surface area contributed by atoms with Crippen LogP contribution in [0.4, 0.5) is 5.69 Å². The second-order valence-corrected chi connectivity index (χ2v) is 7.01. The van der Waals surface area contributed by atoms with Gasteiger partial charge in [0.05, 0.1) is 5.56 Å². The molecule has 0 spiro atoms. The first-order valence-corrected chi connectivity index (χ1v) is 9.02. The number of hydrogen-bond acceptors (Lipinski definition) is 3. The molecule has 0 radical (unpaired) electrons. The summed E-state index contributed by atoms with van der Waals surface area (Å²) in [7, 11) is 0. The van der Waals surface area contributed by atoms with Crippen LogP contribution < -0.4 is 11.1 Å². The maximum absolute atomic E-state index is 12.4. The van der Waals surface area contributed by atoms with Crippen LogP contribution in [0.2, 0.25) is 0 Å². The lowest BCUT2D eigenvalue weighted by atomic mass is 9.96. The van der Waals surface area contributed by atoms with Gasteiger partial charge in [-0.25, -0.2) is 0 Å². The standard InChI is InChI=1S/C21H27N3O/c1-16-7-8-20(22)19(13-16)21(25)23-14-17-9-11-24(12-10-17)15-18-5-3-2-4-6-18/h2-8,13,17H,9-12,14-15,22H2,1H3,(H,23,25). The average Bonchev–Trinajstić information content (AvgIpc) is 2.64. The predicted molar refractivity (Wildman–Crippen MR) is 102 cm³/mol. The zero-order valence-electron chi connectivity index (χ0n) is 14.9. The lowest BCUT2D eigenvalue weighted by Crippen LogP contribution is -2.38. The minimum absolute atomic E-state index is 0.0621. The summed E-state index contributed by atoms with van der Waals surface area (Å²) in [4.78, 5) is 14.9. The summed E-state index contributed by atoms with van der Waals surface area (Å²) in [6, 6.07) is 16.2. The van der Waals surface area contributed by atoms with E-state index in [-0.39, 0.29) is 5.91 Å². The van der Waals surface area contributed by atoms with Crippen LogP contribution >= 0.6 is 0 Å². The molecule has 1 fully saturated rings. The Morgan fingerprint density at radius 2 is 1.88 bits per heavy atom. The molecular formula is C21H27N3O. The van der Waals surface area contributed by atoms with Crippen LogP contribution in [0.15, 0.2) is 48.5 Å². The number of rotatable bonds is 5. The van der Waals surface area contributed by atoms with E-state index >= 15 is 0 Å². The van der Waals surface area contributed by atoms with E-state index in [1.165, 1.54) is 5.56 Å². The van der Waals surface area contributed by atoms with Gasteiger partial charge in [0, 0.05) is 18.8 Å². The molecule has 0 unspecified atom stereocenters. The van der Waals surface area contributed by atoms with Gasteiger partial charge in [-0.2, -0.15) is 0 Å². The molecule has 0 aliphatic carbocycles. The molecule has 0 saturated carbocycles. The number of nitrogens with zero attached hydrogens (tertiary/aromatic N) is 1. The Hall–Kier alpha value is -2.33. The molecule has 3 rings (SSSR count). The van der Waals surface area contributed by atoms with Gasteiger partial charge >= 0.3 is 0 Å². The number of amides is 1. The number of nitrogen functional groups attached to an aromatic ring is 1. The molecule has 132 valence electrons. The maximum atomic E-state index is 12.4. The van der Waals surface area contributed by atoms with E-state index in [1.54, 1.807) is 6.07 Å². The second kappa shape index (κ2) is 8.17. The van der Waals surface area contributed by atoms with Crippen LogP contribution in [0.5, 0.6) is 0 Å². The van der Waals surface area contributed by atoms with Crippen molar-refractivity contribution in [2.75, 3.05) is 25.4 Å². The van der Waals surface area contributed by atoms with Gasteiger partial charge in [-0.3, -0.25) is 9.69 Å². The highest BCUT2D eigenvalue weighted by atomic mass is 16.1. The number of nitrogens with two attached hydrogens (primary N) is 1. The van der Waals surface area contributed by atoms with Crippen molar-refractivity contribution >= 4 is 11.6 Å². The molecule has 1 aliphatic rings. The monoisotopic (exact) mass is 337 g/mol. The Balaban J connectivity index is 1.45. The molecule has 1 amide bonds. The third-order valence-corrected chi connectivity index (χ3v) is 4.96. The largest absolute Gasteiger partial charge is 0.398 e. The van der Waals surface area contributed by atoms with Gasteiger partial charge in [0.25, 0.3) is 5.91 Å². The van der Waals surface area contributed by atoms with Crippen molar-refractivity contribution in [2.45, 2.75) is 26.3 Å². The molecule has 0 atom stereocenters. The van der Waals surface area contributed by atoms with E-state index < -0.39 is 0 Å². The smallest absolute Gasteiger partial charge is 0.253 e. The lowest BCUT2D eigenvalue weighted by molar-refractivity contribution is 0.0936. The molecule has 0 bridgehead atoms. The summed E-state index contributed by atoms with van der Waals surface area (Å²) in [5, 5.41) is 3.06. The highest BCUT2D eigenvalue weighted by molar-refractivity contribution is 5.99. The summed E-state index contributed by atoms with van der Waals surface area (Å²) in [5.41, 5.74) is 9.46. The Bertz CT molecular complexity index is 706. The van der Waals surface area contributed by atoms with Crippen molar-refractivity contribution in [3.8, 4) is 0 Å². The van der Waals surface area contributed by atoms with Gasteiger partial charge in [0.1, 0.15) is 0 Å². The number of piperidine rings is 1. The third-order valence-electron chi connectivity index (χ3n) is 4.96. The molecule has 1 saturated heterocycles. The van der Waals surface area contributed by atoms with Crippen LogP contribution in [-0.2, 0) is 6.54 Å². The highest BCUT2D eigenvalue weighted by Crippen LogP contribution is 2.19. The normalized spacial score (nSPS) is 15.9. The van der Waals surface area contributed by atoms with Crippen LogP contribution in [0.3, 0.4) is 0 Å². The van der Waals surface area contributed by atoms with Crippen molar-refractivity contribution < 1.29 is 4.79 Å². The first-order chi connectivity index (χ1) is 12.1.